The summed E-state index contributed by atoms with van der Waals surface area (Å²) in [5.74, 6) is -0.453. The molecule has 0 saturated carbocycles. The predicted octanol–water partition coefficient (Wildman–Crippen LogP) is 6.17. The Labute approximate surface area is 168 Å². The largest absolute Gasteiger partial charge is 0.465 e. The minimum atomic E-state index is -0.700. The zero-order valence-electron chi connectivity index (χ0n) is 17.5. The second kappa shape index (κ2) is 13.8. The van der Waals surface area contributed by atoms with Gasteiger partial charge in [-0.1, -0.05) is 74.0 Å². The van der Waals surface area contributed by atoms with E-state index in [4.69, 9.17) is 9.47 Å². The fourth-order valence-electron chi connectivity index (χ4n) is 2.01. The molecule has 0 aliphatic carbocycles. The zero-order valence-corrected chi connectivity index (χ0v) is 19.2. The number of carbonyl (C=O) groups excluding carboxylic acids is 2. The van der Waals surface area contributed by atoms with Gasteiger partial charge in [0.05, 0.1) is 13.2 Å². The summed E-state index contributed by atoms with van der Waals surface area (Å²) in [7, 11) is 2.76. The minimum Gasteiger partial charge on any atom is -0.465 e. The van der Waals surface area contributed by atoms with E-state index in [0.717, 1.165) is 38.5 Å². The molecule has 4 nitrogen and oxygen atoms in total. The number of unbranched alkanes of at least 4 members (excludes halogenated alkanes) is 6. The summed E-state index contributed by atoms with van der Waals surface area (Å²) in [6.45, 7) is 12.6. The van der Waals surface area contributed by atoms with Gasteiger partial charge < -0.3 is 9.47 Å². The van der Waals surface area contributed by atoms with Crippen molar-refractivity contribution in [3.63, 3.8) is 0 Å². The molecule has 0 spiro atoms. The van der Waals surface area contributed by atoms with E-state index < -0.39 is 9.49 Å². The van der Waals surface area contributed by atoms with Crippen LogP contribution in [-0.2, 0) is 19.1 Å². The first kappa shape index (κ1) is 25.6. The summed E-state index contributed by atoms with van der Waals surface area (Å²) in [6, 6.07) is 0. The van der Waals surface area contributed by atoms with Crippen molar-refractivity contribution in [2.75, 3.05) is 13.2 Å². The van der Waals surface area contributed by atoms with Gasteiger partial charge in [-0.25, -0.2) is 0 Å². The van der Waals surface area contributed by atoms with E-state index in [9.17, 15) is 9.59 Å². The molecule has 154 valence electrons. The van der Waals surface area contributed by atoms with E-state index in [1.165, 1.54) is 34.4 Å². The number of carbonyl (C=O) groups is 2. The quantitative estimate of drug-likeness (QED) is 0.184. The maximum Gasteiger partial charge on any atom is 0.322 e. The van der Waals surface area contributed by atoms with E-state index in [2.05, 4.69) is 13.8 Å². The summed E-state index contributed by atoms with van der Waals surface area (Å²) in [6.07, 6.45) is 8.64. The molecule has 0 aromatic rings. The molecule has 0 aliphatic heterocycles. The van der Waals surface area contributed by atoms with Crippen LogP contribution in [0, 0.1) is 0 Å². The lowest BCUT2D eigenvalue weighted by Gasteiger charge is -2.27. The molecule has 0 aliphatic rings. The average molecular weight is 407 g/mol. The standard InChI is InChI=1S/C20H38O4S2/c1-7-9-11-13-15-23-17(21)19(3,4)25-26-20(5,6)18(22)24-16-14-12-10-8-2/h7-16H2,1-6H3. The van der Waals surface area contributed by atoms with Gasteiger partial charge in [-0.05, 0) is 40.5 Å². The normalized spacial score (nSPS) is 12.1. The van der Waals surface area contributed by atoms with E-state index in [1.807, 2.05) is 27.7 Å². The SMILES string of the molecule is CCCCCCOC(=O)C(C)(C)SSC(C)(C)C(=O)OCCCCCC. The van der Waals surface area contributed by atoms with Gasteiger partial charge in [0, 0.05) is 0 Å². The maximum absolute atomic E-state index is 12.3. The van der Waals surface area contributed by atoms with Gasteiger partial charge in [-0.2, -0.15) is 0 Å². The van der Waals surface area contributed by atoms with Crippen molar-refractivity contribution in [3.05, 3.63) is 0 Å². The van der Waals surface area contributed by atoms with Gasteiger partial charge in [0.2, 0.25) is 0 Å². The molecule has 6 heteroatoms. The molecule has 0 saturated heterocycles. The first-order chi connectivity index (χ1) is 12.2. The van der Waals surface area contributed by atoms with Crippen molar-refractivity contribution < 1.29 is 19.1 Å². The summed E-state index contributed by atoms with van der Waals surface area (Å²) in [5, 5.41) is 0. The predicted molar refractivity (Wildman–Crippen MR) is 114 cm³/mol. The Balaban J connectivity index is 4.22. The molecule has 0 heterocycles. The molecule has 0 unspecified atom stereocenters. The van der Waals surface area contributed by atoms with Crippen molar-refractivity contribution in [2.45, 2.75) is 102 Å². The number of ether oxygens (including phenoxy) is 2. The van der Waals surface area contributed by atoms with Gasteiger partial charge in [0.15, 0.2) is 0 Å². The monoisotopic (exact) mass is 406 g/mol. The van der Waals surface area contributed by atoms with E-state index in [0.29, 0.717) is 13.2 Å². The lowest BCUT2D eigenvalue weighted by Crippen LogP contribution is -2.33. The van der Waals surface area contributed by atoms with Crippen LogP contribution in [0.1, 0.15) is 92.9 Å². The van der Waals surface area contributed by atoms with Crippen LogP contribution in [-0.4, -0.2) is 34.6 Å². The Kier molecular flexibility index (Phi) is 13.6. The fraction of sp³-hybridized carbons (Fsp3) is 0.900. The fourth-order valence-corrected chi connectivity index (χ4v) is 4.34. The highest BCUT2D eigenvalue weighted by molar-refractivity contribution is 8.78. The Morgan fingerprint density at radius 1 is 0.654 bits per heavy atom. The van der Waals surface area contributed by atoms with Crippen LogP contribution in [0.25, 0.3) is 0 Å². The van der Waals surface area contributed by atoms with Crippen LogP contribution < -0.4 is 0 Å². The Morgan fingerprint density at radius 3 is 1.31 bits per heavy atom. The summed E-state index contributed by atoms with van der Waals surface area (Å²) < 4.78 is 9.38. The van der Waals surface area contributed by atoms with E-state index in [-0.39, 0.29) is 11.9 Å². The molecule has 0 rings (SSSR count). The van der Waals surface area contributed by atoms with Crippen LogP contribution in [0.2, 0.25) is 0 Å². The van der Waals surface area contributed by atoms with Crippen LogP contribution in [0.4, 0.5) is 0 Å². The first-order valence-corrected chi connectivity index (χ1v) is 12.0. The smallest absolute Gasteiger partial charge is 0.322 e. The van der Waals surface area contributed by atoms with Crippen molar-refractivity contribution in [3.8, 4) is 0 Å². The summed E-state index contributed by atoms with van der Waals surface area (Å²) in [4.78, 5) is 24.6. The van der Waals surface area contributed by atoms with Gasteiger partial charge >= 0.3 is 11.9 Å². The second-order valence-corrected chi connectivity index (χ2v) is 11.0. The highest BCUT2D eigenvalue weighted by atomic mass is 33.1. The van der Waals surface area contributed by atoms with Crippen LogP contribution in [0.3, 0.4) is 0 Å². The highest BCUT2D eigenvalue weighted by Gasteiger charge is 2.37. The number of hydrogen-bond acceptors (Lipinski definition) is 6. The molecular formula is C20H38O4S2. The van der Waals surface area contributed by atoms with Gasteiger partial charge in [-0.15, -0.1) is 0 Å². The topological polar surface area (TPSA) is 52.6 Å². The Morgan fingerprint density at radius 2 is 1.00 bits per heavy atom. The maximum atomic E-state index is 12.3. The molecule has 0 atom stereocenters. The van der Waals surface area contributed by atoms with Crippen molar-refractivity contribution in [1.82, 2.24) is 0 Å². The van der Waals surface area contributed by atoms with Crippen molar-refractivity contribution >= 4 is 33.5 Å². The Hall–Kier alpha value is -0.360. The third kappa shape index (κ3) is 11.4. The van der Waals surface area contributed by atoms with E-state index in [1.54, 1.807) is 0 Å². The zero-order chi connectivity index (χ0) is 20.1. The summed E-state index contributed by atoms with van der Waals surface area (Å²) in [5.41, 5.74) is 0. The van der Waals surface area contributed by atoms with Crippen LogP contribution in [0.5, 0.6) is 0 Å². The van der Waals surface area contributed by atoms with Gasteiger partial charge in [0.1, 0.15) is 9.49 Å². The minimum absolute atomic E-state index is 0.227. The average Bonchev–Trinajstić information content (AvgIpc) is 2.59. The van der Waals surface area contributed by atoms with E-state index >= 15 is 0 Å². The highest BCUT2D eigenvalue weighted by Crippen LogP contribution is 2.44. The summed E-state index contributed by atoms with van der Waals surface area (Å²) >= 11 is 0. The third-order valence-electron chi connectivity index (χ3n) is 3.90. The third-order valence-corrected chi connectivity index (χ3v) is 7.90. The molecule has 0 N–H and O–H groups in total. The van der Waals surface area contributed by atoms with Gasteiger partial charge in [0.25, 0.3) is 0 Å². The van der Waals surface area contributed by atoms with Crippen molar-refractivity contribution in [1.29, 1.82) is 0 Å². The molecule has 0 amide bonds. The molecule has 0 fully saturated rings. The molecule has 0 bridgehead atoms. The van der Waals surface area contributed by atoms with Crippen LogP contribution >= 0.6 is 21.6 Å². The number of rotatable bonds is 15. The molecular weight excluding hydrogens is 368 g/mol. The molecule has 0 radical (unpaired) electrons. The van der Waals surface area contributed by atoms with Crippen LogP contribution in [0.15, 0.2) is 0 Å². The molecule has 0 aromatic heterocycles. The Bertz CT molecular complexity index is 371. The number of esters is 2. The molecule has 26 heavy (non-hydrogen) atoms. The number of hydrogen-bond donors (Lipinski definition) is 0. The lowest BCUT2D eigenvalue weighted by atomic mass is 10.2. The first-order valence-electron chi connectivity index (χ1n) is 9.88. The van der Waals surface area contributed by atoms with Gasteiger partial charge in [-0.3, -0.25) is 9.59 Å². The molecule has 0 aromatic carbocycles. The van der Waals surface area contributed by atoms with Crippen molar-refractivity contribution in [2.24, 2.45) is 0 Å². The second-order valence-electron chi connectivity index (χ2n) is 7.58. The lowest BCUT2D eigenvalue weighted by molar-refractivity contribution is -0.146.